The van der Waals surface area contributed by atoms with Crippen LogP contribution >= 0.6 is 0 Å². The Morgan fingerprint density at radius 2 is 1.57 bits per heavy atom. The van der Waals surface area contributed by atoms with Gasteiger partial charge in [-0.05, 0) is 24.6 Å². The molecule has 0 saturated heterocycles. The highest BCUT2D eigenvalue weighted by molar-refractivity contribution is 6.04. The van der Waals surface area contributed by atoms with Crippen LogP contribution < -0.4 is 24.3 Å². The maximum absolute atomic E-state index is 12.6. The zero-order valence-corrected chi connectivity index (χ0v) is 16.1. The van der Waals surface area contributed by atoms with Crippen molar-refractivity contribution >= 4 is 11.6 Å². The average Bonchev–Trinajstić information content (AvgIpc) is 3.18. The summed E-state index contributed by atoms with van der Waals surface area (Å²) >= 11 is 0. The molecule has 7 heteroatoms. The summed E-state index contributed by atoms with van der Waals surface area (Å²) in [5.41, 5.74) is 1.33. The maximum Gasteiger partial charge on any atom is 0.291 e. The second-order valence-corrected chi connectivity index (χ2v) is 5.85. The van der Waals surface area contributed by atoms with Gasteiger partial charge in [0, 0.05) is 18.2 Å². The molecule has 28 heavy (non-hydrogen) atoms. The van der Waals surface area contributed by atoms with E-state index in [4.69, 9.17) is 23.4 Å². The molecule has 0 fully saturated rings. The van der Waals surface area contributed by atoms with Crippen molar-refractivity contribution in [2.45, 2.75) is 6.92 Å². The van der Waals surface area contributed by atoms with Crippen LogP contribution in [-0.2, 0) is 0 Å². The number of para-hydroxylation sites is 1. The first-order valence-corrected chi connectivity index (χ1v) is 8.50. The van der Waals surface area contributed by atoms with Gasteiger partial charge in [-0.1, -0.05) is 18.2 Å². The van der Waals surface area contributed by atoms with Crippen molar-refractivity contribution in [1.29, 1.82) is 0 Å². The molecular formula is C21H21NO6. The highest BCUT2D eigenvalue weighted by Crippen LogP contribution is 2.39. The summed E-state index contributed by atoms with van der Waals surface area (Å²) in [6, 6.07) is 13.9. The Hall–Kier alpha value is -3.61. The first-order chi connectivity index (χ1) is 13.5. The molecule has 0 saturated carbocycles. The van der Waals surface area contributed by atoms with Crippen molar-refractivity contribution in [3.05, 3.63) is 59.9 Å². The van der Waals surface area contributed by atoms with E-state index >= 15 is 0 Å². The van der Waals surface area contributed by atoms with Gasteiger partial charge in [-0.3, -0.25) is 4.79 Å². The van der Waals surface area contributed by atoms with E-state index in [2.05, 4.69) is 5.32 Å². The van der Waals surface area contributed by atoms with Crippen LogP contribution in [0.25, 0.3) is 0 Å². The molecule has 3 rings (SSSR count). The molecule has 7 nitrogen and oxygen atoms in total. The second kappa shape index (κ2) is 8.39. The number of anilines is 1. The monoisotopic (exact) mass is 383 g/mol. The Kier molecular flexibility index (Phi) is 5.74. The number of carbonyl (C=O) groups excluding carboxylic acids is 1. The topological polar surface area (TPSA) is 79.2 Å². The van der Waals surface area contributed by atoms with Gasteiger partial charge >= 0.3 is 0 Å². The Labute approximate surface area is 162 Å². The molecule has 1 N–H and O–H groups in total. The van der Waals surface area contributed by atoms with Crippen LogP contribution in [0.1, 0.15) is 16.1 Å². The lowest BCUT2D eigenvalue weighted by molar-refractivity contribution is 0.0991. The molecule has 1 amide bonds. The lowest BCUT2D eigenvalue weighted by Gasteiger charge is -2.15. The number of aryl methyl sites for hydroxylation is 1. The normalized spacial score (nSPS) is 10.3. The van der Waals surface area contributed by atoms with Gasteiger partial charge in [-0.2, -0.15) is 0 Å². The number of hydrogen-bond acceptors (Lipinski definition) is 6. The molecule has 0 atom stereocenters. The number of hydrogen-bond donors (Lipinski definition) is 1. The molecule has 3 aromatic rings. The SMILES string of the molecule is COc1cc(OC)c(NC(=O)c2ccc(Oc3ccccc3C)o2)c(OC)c1. The number of benzene rings is 2. The first kappa shape index (κ1) is 19.2. The number of rotatable bonds is 7. The summed E-state index contributed by atoms with van der Waals surface area (Å²) in [7, 11) is 4.51. The molecule has 0 spiro atoms. The Bertz CT molecular complexity index is 954. The quantitative estimate of drug-likeness (QED) is 0.639. The molecular weight excluding hydrogens is 362 g/mol. The van der Waals surface area contributed by atoms with Crippen molar-refractivity contribution in [1.82, 2.24) is 0 Å². The zero-order valence-electron chi connectivity index (χ0n) is 16.1. The van der Waals surface area contributed by atoms with Gasteiger partial charge in [0.2, 0.25) is 0 Å². The van der Waals surface area contributed by atoms with Crippen LogP contribution in [0.4, 0.5) is 5.69 Å². The van der Waals surface area contributed by atoms with Crippen molar-refractivity contribution < 1.29 is 28.2 Å². The van der Waals surface area contributed by atoms with E-state index in [0.717, 1.165) is 5.56 Å². The molecule has 0 radical (unpaired) electrons. The van der Waals surface area contributed by atoms with Crippen LogP contribution in [0.2, 0.25) is 0 Å². The molecule has 0 bridgehead atoms. The molecule has 0 aliphatic carbocycles. The summed E-state index contributed by atoms with van der Waals surface area (Å²) in [6.07, 6.45) is 0. The lowest BCUT2D eigenvalue weighted by Crippen LogP contribution is -2.13. The predicted octanol–water partition coefficient (Wildman–Crippen LogP) is 4.66. The molecule has 1 aromatic heterocycles. The molecule has 0 aliphatic rings. The predicted molar refractivity (Wildman–Crippen MR) is 104 cm³/mol. The summed E-state index contributed by atoms with van der Waals surface area (Å²) < 4.78 is 27.1. The number of nitrogens with one attached hydrogen (secondary N) is 1. The van der Waals surface area contributed by atoms with E-state index in [1.165, 1.54) is 27.4 Å². The van der Waals surface area contributed by atoms with Crippen molar-refractivity contribution in [3.63, 3.8) is 0 Å². The van der Waals surface area contributed by atoms with E-state index in [9.17, 15) is 4.79 Å². The third kappa shape index (κ3) is 4.03. The number of amides is 1. The first-order valence-electron chi connectivity index (χ1n) is 8.50. The smallest absolute Gasteiger partial charge is 0.291 e. The minimum absolute atomic E-state index is 0.0866. The summed E-state index contributed by atoms with van der Waals surface area (Å²) in [6.45, 7) is 1.92. The van der Waals surface area contributed by atoms with Crippen LogP contribution in [0.15, 0.2) is 52.9 Å². The molecule has 1 heterocycles. The van der Waals surface area contributed by atoms with Crippen LogP contribution in [-0.4, -0.2) is 27.2 Å². The molecule has 146 valence electrons. The number of furan rings is 1. The Balaban J connectivity index is 1.81. The van der Waals surface area contributed by atoms with E-state index in [-0.39, 0.29) is 11.7 Å². The van der Waals surface area contributed by atoms with Crippen molar-refractivity contribution in [3.8, 4) is 28.9 Å². The third-order valence-electron chi connectivity index (χ3n) is 4.06. The fourth-order valence-corrected chi connectivity index (χ4v) is 2.58. The fourth-order valence-electron chi connectivity index (χ4n) is 2.58. The highest BCUT2D eigenvalue weighted by atomic mass is 16.6. The third-order valence-corrected chi connectivity index (χ3v) is 4.06. The fraction of sp³-hybridized carbons (Fsp3) is 0.190. The van der Waals surface area contributed by atoms with Gasteiger partial charge in [0.05, 0.1) is 21.3 Å². The van der Waals surface area contributed by atoms with Crippen LogP contribution in [0.5, 0.6) is 28.9 Å². The van der Waals surface area contributed by atoms with Crippen molar-refractivity contribution in [2.24, 2.45) is 0 Å². The maximum atomic E-state index is 12.6. The minimum Gasteiger partial charge on any atom is -0.496 e. The summed E-state index contributed by atoms with van der Waals surface area (Å²) in [5.74, 6) is 1.82. The molecule has 0 aliphatic heterocycles. The van der Waals surface area contributed by atoms with E-state index in [0.29, 0.717) is 28.7 Å². The Morgan fingerprint density at radius 1 is 0.893 bits per heavy atom. The molecule has 2 aromatic carbocycles. The van der Waals surface area contributed by atoms with Gasteiger partial charge in [-0.25, -0.2) is 0 Å². The standard InChI is InChI=1S/C21H21NO6/c1-13-7-5-6-8-15(13)27-19-10-9-16(28-19)21(23)22-20-17(25-3)11-14(24-2)12-18(20)26-4/h5-12H,1-4H3,(H,22,23). The largest absolute Gasteiger partial charge is 0.496 e. The number of carbonyl (C=O) groups is 1. The van der Waals surface area contributed by atoms with Gasteiger partial charge in [-0.15, -0.1) is 0 Å². The second-order valence-electron chi connectivity index (χ2n) is 5.85. The van der Waals surface area contributed by atoms with Gasteiger partial charge in [0.15, 0.2) is 5.76 Å². The minimum atomic E-state index is -0.471. The van der Waals surface area contributed by atoms with E-state index in [1.807, 2.05) is 31.2 Å². The summed E-state index contributed by atoms with van der Waals surface area (Å²) in [5, 5.41) is 2.74. The van der Waals surface area contributed by atoms with E-state index < -0.39 is 5.91 Å². The van der Waals surface area contributed by atoms with E-state index in [1.54, 1.807) is 18.2 Å². The average molecular weight is 383 g/mol. The van der Waals surface area contributed by atoms with Gasteiger partial charge in [0.25, 0.3) is 11.9 Å². The molecule has 0 unspecified atom stereocenters. The lowest BCUT2D eigenvalue weighted by atomic mass is 10.2. The zero-order chi connectivity index (χ0) is 20.1. The number of methoxy groups -OCH3 is 3. The summed E-state index contributed by atoms with van der Waals surface area (Å²) in [4.78, 5) is 12.6. The van der Waals surface area contributed by atoms with Gasteiger partial charge in [0.1, 0.15) is 28.7 Å². The van der Waals surface area contributed by atoms with Crippen LogP contribution in [0.3, 0.4) is 0 Å². The van der Waals surface area contributed by atoms with Crippen LogP contribution in [0, 0.1) is 6.92 Å². The van der Waals surface area contributed by atoms with Crippen molar-refractivity contribution in [2.75, 3.05) is 26.6 Å². The highest BCUT2D eigenvalue weighted by Gasteiger charge is 2.19. The van der Waals surface area contributed by atoms with Gasteiger partial charge < -0.3 is 28.7 Å². The number of ether oxygens (including phenoxy) is 4. The Morgan fingerprint density at radius 3 is 2.18 bits per heavy atom.